The zero-order chi connectivity index (χ0) is 10.1. The Kier molecular flexibility index (Phi) is 2.65. The zero-order valence-corrected chi connectivity index (χ0v) is 9.02. The molecule has 0 aromatic rings. The van der Waals surface area contributed by atoms with Gasteiger partial charge in [-0.05, 0) is 40.8 Å². The average molecular weight is 181 g/mol. The predicted molar refractivity (Wildman–Crippen MR) is 53.3 cm³/mol. The van der Waals surface area contributed by atoms with Crippen molar-refractivity contribution >= 4 is 0 Å². The molecule has 1 aliphatic heterocycles. The second-order valence-corrected chi connectivity index (χ2v) is 4.60. The van der Waals surface area contributed by atoms with Crippen molar-refractivity contribution in [2.24, 2.45) is 0 Å². The fourth-order valence-corrected chi connectivity index (χ4v) is 1.99. The minimum atomic E-state index is -0.310. The smallest absolute Gasteiger partial charge is 0.109 e. The molecule has 0 saturated carbocycles. The van der Waals surface area contributed by atoms with Crippen LogP contribution in [0.5, 0.6) is 0 Å². The lowest BCUT2D eigenvalue weighted by molar-refractivity contribution is 0.0653. The second-order valence-electron chi connectivity index (χ2n) is 4.60. The number of rotatable bonds is 1. The van der Waals surface area contributed by atoms with Crippen molar-refractivity contribution in [1.29, 1.82) is 5.26 Å². The van der Waals surface area contributed by atoms with Crippen LogP contribution in [-0.4, -0.2) is 36.6 Å². The van der Waals surface area contributed by atoms with Crippen LogP contribution in [0.4, 0.5) is 0 Å². The molecule has 0 radical (unpaired) electrons. The maximum atomic E-state index is 9.13. The van der Waals surface area contributed by atoms with Gasteiger partial charge in [0.1, 0.15) is 5.54 Å². The molecule has 1 heterocycles. The van der Waals surface area contributed by atoms with E-state index in [0.29, 0.717) is 0 Å². The Balaban J connectivity index is 2.82. The van der Waals surface area contributed by atoms with Crippen molar-refractivity contribution in [1.82, 2.24) is 10.2 Å². The van der Waals surface area contributed by atoms with E-state index in [1.165, 1.54) is 0 Å². The van der Waals surface area contributed by atoms with Gasteiger partial charge in [-0.1, -0.05) is 0 Å². The third-order valence-corrected chi connectivity index (χ3v) is 3.33. The SMILES string of the molecule is CNC1(C#N)CCN(C)C(C)(C)C1. The first-order valence-electron chi connectivity index (χ1n) is 4.77. The Bertz CT molecular complexity index is 229. The second kappa shape index (κ2) is 3.28. The van der Waals surface area contributed by atoms with Crippen LogP contribution in [0, 0.1) is 11.3 Å². The quantitative estimate of drug-likeness (QED) is 0.655. The first kappa shape index (κ1) is 10.5. The van der Waals surface area contributed by atoms with Crippen LogP contribution >= 0.6 is 0 Å². The molecule has 1 fully saturated rings. The third kappa shape index (κ3) is 1.84. The molecule has 0 spiro atoms. The molecule has 3 nitrogen and oxygen atoms in total. The lowest BCUT2D eigenvalue weighted by Crippen LogP contribution is -2.58. The predicted octanol–water partition coefficient (Wildman–Crippen LogP) is 0.972. The van der Waals surface area contributed by atoms with E-state index in [4.69, 9.17) is 5.26 Å². The van der Waals surface area contributed by atoms with Crippen molar-refractivity contribution < 1.29 is 0 Å². The molecule has 0 bridgehead atoms. The molecule has 1 N–H and O–H groups in total. The van der Waals surface area contributed by atoms with Gasteiger partial charge in [-0.15, -0.1) is 0 Å². The van der Waals surface area contributed by atoms with E-state index in [0.717, 1.165) is 19.4 Å². The molecule has 1 rings (SSSR count). The Morgan fingerprint density at radius 3 is 2.46 bits per heavy atom. The molecule has 3 heteroatoms. The van der Waals surface area contributed by atoms with Gasteiger partial charge in [-0.3, -0.25) is 0 Å². The van der Waals surface area contributed by atoms with E-state index in [-0.39, 0.29) is 11.1 Å². The van der Waals surface area contributed by atoms with Crippen molar-refractivity contribution in [3.8, 4) is 6.07 Å². The molecule has 0 aromatic heterocycles. The molecule has 13 heavy (non-hydrogen) atoms. The number of likely N-dealkylation sites (tertiary alicyclic amines) is 1. The summed E-state index contributed by atoms with van der Waals surface area (Å²) in [7, 11) is 4.00. The summed E-state index contributed by atoms with van der Waals surface area (Å²) in [5, 5.41) is 12.3. The standard InChI is InChI=1S/C10H19N3/c1-9(2)7-10(8-11,12-3)5-6-13(9)4/h12H,5-7H2,1-4H3. The summed E-state index contributed by atoms with van der Waals surface area (Å²) in [5.74, 6) is 0. The van der Waals surface area contributed by atoms with Crippen molar-refractivity contribution in [2.75, 3.05) is 20.6 Å². The highest BCUT2D eigenvalue weighted by Crippen LogP contribution is 2.32. The summed E-state index contributed by atoms with van der Waals surface area (Å²) < 4.78 is 0. The summed E-state index contributed by atoms with van der Waals surface area (Å²) in [6, 6.07) is 2.41. The minimum Gasteiger partial charge on any atom is -0.302 e. The normalized spacial score (nSPS) is 34.1. The number of nitrogens with one attached hydrogen (secondary N) is 1. The molecule has 1 atom stereocenters. The first-order valence-corrected chi connectivity index (χ1v) is 4.77. The Hall–Kier alpha value is -0.590. The molecule has 0 aromatic carbocycles. The molecular weight excluding hydrogens is 162 g/mol. The number of hydrogen-bond donors (Lipinski definition) is 1. The molecular formula is C10H19N3. The average Bonchev–Trinajstić information content (AvgIpc) is 2.10. The van der Waals surface area contributed by atoms with Gasteiger partial charge in [0.2, 0.25) is 0 Å². The lowest BCUT2D eigenvalue weighted by atomic mass is 9.78. The summed E-state index contributed by atoms with van der Waals surface area (Å²) in [6.07, 6.45) is 1.81. The number of nitrogens with zero attached hydrogens (tertiary/aromatic N) is 2. The topological polar surface area (TPSA) is 39.1 Å². The fraction of sp³-hybridized carbons (Fsp3) is 0.900. The zero-order valence-electron chi connectivity index (χ0n) is 9.02. The molecule has 0 aliphatic carbocycles. The van der Waals surface area contributed by atoms with E-state index in [1.54, 1.807) is 0 Å². The molecule has 0 amide bonds. The fourth-order valence-electron chi connectivity index (χ4n) is 1.99. The maximum Gasteiger partial charge on any atom is 0.109 e. The van der Waals surface area contributed by atoms with E-state index >= 15 is 0 Å². The van der Waals surface area contributed by atoms with Gasteiger partial charge < -0.3 is 10.2 Å². The molecule has 74 valence electrons. The van der Waals surface area contributed by atoms with Gasteiger partial charge >= 0.3 is 0 Å². The van der Waals surface area contributed by atoms with Gasteiger partial charge in [0.05, 0.1) is 6.07 Å². The number of nitriles is 1. The van der Waals surface area contributed by atoms with Crippen molar-refractivity contribution in [2.45, 2.75) is 37.8 Å². The van der Waals surface area contributed by atoms with Crippen LogP contribution in [0.2, 0.25) is 0 Å². The summed E-state index contributed by atoms with van der Waals surface area (Å²) in [5.41, 5.74) is -0.188. The van der Waals surface area contributed by atoms with Gasteiger partial charge in [-0.2, -0.15) is 5.26 Å². The van der Waals surface area contributed by atoms with Gasteiger partial charge in [0.15, 0.2) is 0 Å². The Labute approximate surface area is 80.7 Å². The minimum absolute atomic E-state index is 0.122. The highest BCUT2D eigenvalue weighted by Gasteiger charge is 2.41. The van der Waals surface area contributed by atoms with Crippen LogP contribution in [0.15, 0.2) is 0 Å². The van der Waals surface area contributed by atoms with Crippen LogP contribution in [-0.2, 0) is 0 Å². The van der Waals surface area contributed by atoms with Crippen molar-refractivity contribution in [3.05, 3.63) is 0 Å². The van der Waals surface area contributed by atoms with Gasteiger partial charge in [-0.25, -0.2) is 0 Å². The van der Waals surface area contributed by atoms with E-state index in [2.05, 4.69) is 37.2 Å². The maximum absolute atomic E-state index is 9.13. The summed E-state index contributed by atoms with van der Waals surface area (Å²) >= 11 is 0. The summed E-state index contributed by atoms with van der Waals surface area (Å²) in [4.78, 5) is 2.32. The Morgan fingerprint density at radius 1 is 1.46 bits per heavy atom. The monoisotopic (exact) mass is 181 g/mol. The first-order chi connectivity index (χ1) is 5.96. The molecule has 1 saturated heterocycles. The number of hydrogen-bond acceptors (Lipinski definition) is 3. The third-order valence-electron chi connectivity index (χ3n) is 3.33. The van der Waals surface area contributed by atoms with Crippen LogP contribution in [0.1, 0.15) is 26.7 Å². The van der Waals surface area contributed by atoms with Crippen molar-refractivity contribution in [3.63, 3.8) is 0 Å². The molecule has 1 unspecified atom stereocenters. The van der Waals surface area contributed by atoms with E-state index in [1.807, 2.05) is 7.05 Å². The summed E-state index contributed by atoms with van der Waals surface area (Å²) in [6.45, 7) is 5.37. The van der Waals surface area contributed by atoms with Crippen LogP contribution < -0.4 is 5.32 Å². The Morgan fingerprint density at radius 2 is 2.08 bits per heavy atom. The highest BCUT2D eigenvalue weighted by atomic mass is 15.2. The highest BCUT2D eigenvalue weighted by molar-refractivity contribution is 5.13. The van der Waals surface area contributed by atoms with Gasteiger partial charge in [0.25, 0.3) is 0 Å². The van der Waals surface area contributed by atoms with E-state index in [9.17, 15) is 0 Å². The molecule has 1 aliphatic rings. The number of piperidine rings is 1. The largest absolute Gasteiger partial charge is 0.302 e. The lowest BCUT2D eigenvalue weighted by Gasteiger charge is -2.47. The van der Waals surface area contributed by atoms with Gasteiger partial charge in [0, 0.05) is 12.1 Å². The van der Waals surface area contributed by atoms with Crippen LogP contribution in [0.25, 0.3) is 0 Å². The van der Waals surface area contributed by atoms with Crippen LogP contribution in [0.3, 0.4) is 0 Å². The van der Waals surface area contributed by atoms with E-state index < -0.39 is 0 Å².